The summed E-state index contributed by atoms with van der Waals surface area (Å²) in [6.07, 6.45) is 6.55. The molecule has 1 saturated carbocycles. The Hall–Kier alpha value is -1.41. The third-order valence-corrected chi connectivity index (χ3v) is 4.45. The van der Waals surface area contributed by atoms with Crippen LogP contribution in [0.4, 0.5) is 0 Å². The summed E-state index contributed by atoms with van der Waals surface area (Å²) in [7, 11) is 0. The van der Waals surface area contributed by atoms with Gasteiger partial charge in [-0.05, 0) is 42.5 Å². The van der Waals surface area contributed by atoms with Crippen molar-refractivity contribution in [3.63, 3.8) is 0 Å². The number of aldehydes is 1. The molecule has 1 fully saturated rings. The summed E-state index contributed by atoms with van der Waals surface area (Å²) in [5, 5.41) is 0.619. The lowest BCUT2D eigenvalue weighted by atomic mass is 9.82. The number of allylic oxidation sites excluding steroid dienone is 2. The van der Waals surface area contributed by atoms with Gasteiger partial charge in [0.05, 0.1) is 5.57 Å². The van der Waals surface area contributed by atoms with Gasteiger partial charge in [0.2, 0.25) is 0 Å². The third-order valence-electron chi connectivity index (χ3n) is 4.21. The van der Waals surface area contributed by atoms with E-state index in [1.807, 2.05) is 25.1 Å². The molecule has 0 N–H and O–H groups in total. The monoisotopic (exact) mass is 304 g/mol. The van der Waals surface area contributed by atoms with Gasteiger partial charge in [-0.1, -0.05) is 49.9 Å². The maximum absolute atomic E-state index is 12.7. The molecule has 112 valence electrons. The molecule has 1 aliphatic carbocycles. The van der Waals surface area contributed by atoms with Crippen LogP contribution >= 0.6 is 11.6 Å². The van der Waals surface area contributed by atoms with Crippen LogP contribution in [0.1, 0.15) is 51.0 Å². The quantitative estimate of drug-likeness (QED) is 0.337. The first-order chi connectivity index (χ1) is 10.2. The first kappa shape index (κ1) is 16.0. The number of ketones is 1. The van der Waals surface area contributed by atoms with E-state index in [-0.39, 0.29) is 11.7 Å². The molecule has 1 aromatic carbocycles. The van der Waals surface area contributed by atoms with Crippen LogP contribution in [0.25, 0.3) is 5.57 Å². The van der Waals surface area contributed by atoms with Crippen LogP contribution in [0.3, 0.4) is 0 Å². The number of rotatable bonds is 5. The Labute approximate surface area is 131 Å². The van der Waals surface area contributed by atoms with Gasteiger partial charge in [0, 0.05) is 10.9 Å². The van der Waals surface area contributed by atoms with Crippen molar-refractivity contribution >= 4 is 29.2 Å². The summed E-state index contributed by atoms with van der Waals surface area (Å²) in [6, 6.07) is 7.36. The van der Waals surface area contributed by atoms with Crippen LogP contribution in [0, 0.1) is 5.92 Å². The molecule has 0 saturated heterocycles. The number of Topliss-reactive ketones (excluding diaryl/α,β-unsaturated/α-hetero) is 1. The van der Waals surface area contributed by atoms with Crippen LogP contribution in [-0.2, 0) is 9.59 Å². The predicted octanol–water partition coefficient (Wildman–Crippen LogP) is 4.85. The molecule has 0 heterocycles. The zero-order valence-corrected chi connectivity index (χ0v) is 13.2. The van der Waals surface area contributed by atoms with Crippen molar-refractivity contribution in [2.75, 3.05) is 0 Å². The van der Waals surface area contributed by atoms with Crippen LogP contribution in [0.15, 0.2) is 29.8 Å². The molecule has 0 unspecified atom stereocenters. The fraction of sp³-hybridized carbons (Fsp3) is 0.444. The van der Waals surface area contributed by atoms with Crippen molar-refractivity contribution in [2.45, 2.75) is 45.4 Å². The fourth-order valence-corrected chi connectivity index (χ4v) is 3.28. The van der Waals surface area contributed by atoms with Crippen LogP contribution in [0.2, 0.25) is 5.02 Å². The largest absolute Gasteiger partial charge is 0.298 e. The standard InChI is InChI=1S/C18H21ClO2/c1-2-16(14-9-6-10-15(19)11-14)17(12-20)18(21)13-7-4-3-5-8-13/h6,9-13H,2-5,7-8H2,1H3. The van der Waals surface area contributed by atoms with Crippen molar-refractivity contribution in [3.8, 4) is 0 Å². The summed E-state index contributed by atoms with van der Waals surface area (Å²) in [6.45, 7) is 1.97. The molecule has 0 amide bonds. The van der Waals surface area contributed by atoms with Gasteiger partial charge < -0.3 is 0 Å². The maximum atomic E-state index is 12.7. The smallest absolute Gasteiger partial charge is 0.169 e. The summed E-state index contributed by atoms with van der Waals surface area (Å²) < 4.78 is 0. The molecule has 2 nitrogen and oxygen atoms in total. The molecule has 2 rings (SSSR count). The highest BCUT2D eigenvalue weighted by atomic mass is 35.5. The molecule has 0 atom stereocenters. The summed E-state index contributed by atoms with van der Waals surface area (Å²) in [4.78, 5) is 24.2. The van der Waals surface area contributed by atoms with E-state index in [1.165, 1.54) is 6.42 Å². The van der Waals surface area contributed by atoms with E-state index in [2.05, 4.69) is 0 Å². The lowest BCUT2D eigenvalue weighted by Gasteiger charge is -2.21. The molecule has 0 spiro atoms. The van der Waals surface area contributed by atoms with E-state index in [0.29, 0.717) is 17.0 Å². The predicted molar refractivity (Wildman–Crippen MR) is 86.3 cm³/mol. The van der Waals surface area contributed by atoms with Crippen molar-refractivity contribution in [1.82, 2.24) is 0 Å². The molecule has 1 aliphatic rings. The van der Waals surface area contributed by atoms with Gasteiger partial charge in [0.25, 0.3) is 0 Å². The average molecular weight is 305 g/mol. The highest BCUT2D eigenvalue weighted by Crippen LogP contribution is 2.30. The minimum absolute atomic E-state index is 0.0136. The summed E-state index contributed by atoms with van der Waals surface area (Å²) in [5.41, 5.74) is 2.02. The Bertz CT molecular complexity index is 554. The SMILES string of the molecule is CCC(=C(C=O)C(=O)C1CCCCC1)c1cccc(Cl)c1. The van der Waals surface area contributed by atoms with E-state index in [1.54, 1.807) is 6.07 Å². The second-order valence-electron chi connectivity index (χ2n) is 5.57. The van der Waals surface area contributed by atoms with Gasteiger partial charge in [-0.3, -0.25) is 9.59 Å². The van der Waals surface area contributed by atoms with Crippen molar-refractivity contribution < 1.29 is 9.59 Å². The number of carbonyl (C=O) groups is 2. The third kappa shape index (κ3) is 3.82. The van der Waals surface area contributed by atoms with E-state index in [0.717, 1.165) is 43.1 Å². The molecule has 3 heteroatoms. The highest BCUT2D eigenvalue weighted by Gasteiger charge is 2.26. The number of hydrogen-bond acceptors (Lipinski definition) is 2. The molecule has 21 heavy (non-hydrogen) atoms. The van der Waals surface area contributed by atoms with E-state index in [9.17, 15) is 9.59 Å². The minimum Gasteiger partial charge on any atom is -0.298 e. The molecular weight excluding hydrogens is 284 g/mol. The second kappa shape index (κ2) is 7.56. The van der Waals surface area contributed by atoms with Gasteiger partial charge >= 0.3 is 0 Å². The molecular formula is C18H21ClO2. The van der Waals surface area contributed by atoms with Crippen molar-refractivity contribution in [1.29, 1.82) is 0 Å². The Kier molecular flexibility index (Phi) is 5.75. The van der Waals surface area contributed by atoms with Crippen LogP contribution in [-0.4, -0.2) is 12.1 Å². The number of benzene rings is 1. The van der Waals surface area contributed by atoms with E-state index < -0.39 is 0 Å². The molecule has 1 aromatic rings. The highest BCUT2D eigenvalue weighted by molar-refractivity contribution is 6.30. The van der Waals surface area contributed by atoms with Crippen molar-refractivity contribution in [2.24, 2.45) is 5.92 Å². The Morgan fingerprint density at radius 2 is 2.00 bits per heavy atom. The van der Waals surface area contributed by atoms with Gasteiger partial charge in [-0.2, -0.15) is 0 Å². The lowest BCUT2D eigenvalue weighted by Crippen LogP contribution is -2.21. The molecule has 0 aliphatic heterocycles. The van der Waals surface area contributed by atoms with Gasteiger partial charge in [0.1, 0.15) is 0 Å². The minimum atomic E-state index is 0.0136. The summed E-state index contributed by atoms with van der Waals surface area (Å²) >= 11 is 6.03. The van der Waals surface area contributed by atoms with Gasteiger partial charge in [-0.15, -0.1) is 0 Å². The zero-order chi connectivity index (χ0) is 15.2. The topological polar surface area (TPSA) is 34.1 Å². The first-order valence-electron chi connectivity index (χ1n) is 7.65. The van der Waals surface area contributed by atoms with E-state index >= 15 is 0 Å². The first-order valence-corrected chi connectivity index (χ1v) is 8.03. The Morgan fingerprint density at radius 1 is 1.29 bits per heavy atom. The fourth-order valence-electron chi connectivity index (χ4n) is 3.09. The Balaban J connectivity index is 2.38. The van der Waals surface area contributed by atoms with Gasteiger partial charge in [0.15, 0.2) is 12.1 Å². The molecule has 0 radical (unpaired) electrons. The molecule has 0 bridgehead atoms. The number of hydrogen-bond donors (Lipinski definition) is 0. The zero-order valence-electron chi connectivity index (χ0n) is 12.4. The lowest BCUT2D eigenvalue weighted by molar-refractivity contribution is -0.121. The van der Waals surface area contributed by atoms with Crippen LogP contribution in [0.5, 0.6) is 0 Å². The maximum Gasteiger partial charge on any atom is 0.169 e. The number of halogens is 1. The molecule has 0 aromatic heterocycles. The normalized spacial score (nSPS) is 17.2. The second-order valence-corrected chi connectivity index (χ2v) is 6.01. The van der Waals surface area contributed by atoms with Gasteiger partial charge in [-0.25, -0.2) is 0 Å². The van der Waals surface area contributed by atoms with Crippen molar-refractivity contribution in [3.05, 3.63) is 40.4 Å². The summed E-state index contributed by atoms with van der Waals surface area (Å²) in [5.74, 6) is 0.0289. The Morgan fingerprint density at radius 3 is 2.57 bits per heavy atom. The number of carbonyl (C=O) groups excluding carboxylic acids is 2. The van der Waals surface area contributed by atoms with Crippen LogP contribution < -0.4 is 0 Å². The average Bonchev–Trinajstić information content (AvgIpc) is 2.52. The van der Waals surface area contributed by atoms with E-state index in [4.69, 9.17) is 11.6 Å².